The fourth-order valence-electron chi connectivity index (χ4n) is 1.53. The summed E-state index contributed by atoms with van der Waals surface area (Å²) >= 11 is 0. The molecule has 0 aromatic heterocycles. The van der Waals surface area contributed by atoms with Gasteiger partial charge in [0, 0.05) is 31.1 Å². The summed E-state index contributed by atoms with van der Waals surface area (Å²) in [7, 11) is 0. The van der Waals surface area contributed by atoms with Crippen LogP contribution in [-0.4, -0.2) is 35.7 Å². The molecule has 0 bridgehead atoms. The number of carbonyl (C=O) groups is 2. The highest BCUT2D eigenvalue weighted by Gasteiger charge is 2.14. The second kappa shape index (κ2) is 8.65. The van der Waals surface area contributed by atoms with Crippen molar-refractivity contribution in [3.05, 3.63) is 42.5 Å². The maximum absolute atomic E-state index is 12.2. The van der Waals surface area contributed by atoms with Gasteiger partial charge in [-0.3, -0.25) is 4.79 Å². The fourth-order valence-corrected chi connectivity index (χ4v) is 1.53. The molecule has 1 rings (SSSR count). The van der Waals surface area contributed by atoms with E-state index in [1.165, 1.54) is 13.0 Å². The van der Waals surface area contributed by atoms with Crippen LogP contribution in [0.15, 0.2) is 42.1 Å². The summed E-state index contributed by atoms with van der Waals surface area (Å²) in [5.74, 6) is -0.919. The van der Waals surface area contributed by atoms with Gasteiger partial charge in [-0.05, 0) is 24.3 Å². The fraction of sp³-hybridized carbons (Fsp3) is 0.267. The van der Waals surface area contributed by atoms with E-state index >= 15 is 0 Å². The van der Waals surface area contributed by atoms with Crippen LogP contribution in [0.1, 0.15) is 23.7 Å². The molecule has 0 radical (unpaired) electrons. The first-order valence-electron chi connectivity index (χ1n) is 6.43. The smallest absolute Gasteiger partial charge is 0.331 e. The predicted octanol–water partition coefficient (Wildman–Crippen LogP) is 1.77. The standard InChI is InChI=1S/C15H18N2O4/c1-3-4-14(17-21-11(2)19)15(20)12-5-7-13(8-6-12)16-9-10-18/h3,5-8,16,18H,1,4,9-10H2,2H3/b17-14+. The van der Waals surface area contributed by atoms with Crippen LogP contribution in [0.5, 0.6) is 0 Å². The molecule has 2 N–H and O–H groups in total. The van der Waals surface area contributed by atoms with Crippen LogP contribution in [0.2, 0.25) is 0 Å². The summed E-state index contributed by atoms with van der Waals surface area (Å²) in [5, 5.41) is 15.3. The third-order valence-corrected chi connectivity index (χ3v) is 2.47. The van der Waals surface area contributed by atoms with E-state index in [-0.39, 0.29) is 24.5 Å². The molecule has 0 saturated carbocycles. The van der Waals surface area contributed by atoms with Crippen molar-refractivity contribution in [2.24, 2.45) is 5.16 Å². The second-order valence-electron chi connectivity index (χ2n) is 4.17. The molecule has 21 heavy (non-hydrogen) atoms. The normalized spacial score (nSPS) is 10.9. The maximum atomic E-state index is 12.2. The largest absolute Gasteiger partial charge is 0.395 e. The molecular weight excluding hydrogens is 272 g/mol. The molecule has 1 aromatic carbocycles. The lowest BCUT2D eigenvalue weighted by molar-refractivity contribution is -0.140. The van der Waals surface area contributed by atoms with E-state index in [0.717, 1.165) is 5.69 Å². The number of hydrogen-bond donors (Lipinski definition) is 2. The van der Waals surface area contributed by atoms with Crippen LogP contribution in [0.25, 0.3) is 0 Å². The number of aliphatic hydroxyl groups excluding tert-OH is 1. The van der Waals surface area contributed by atoms with Gasteiger partial charge < -0.3 is 15.3 Å². The van der Waals surface area contributed by atoms with Gasteiger partial charge in [0.15, 0.2) is 0 Å². The van der Waals surface area contributed by atoms with Crippen molar-refractivity contribution in [3.8, 4) is 0 Å². The van der Waals surface area contributed by atoms with Crippen LogP contribution < -0.4 is 5.32 Å². The first-order chi connectivity index (χ1) is 10.1. The minimum absolute atomic E-state index is 0.0270. The number of nitrogens with zero attached hydrogens (tertiary/aromatic N) is 1. The molecule has 0 spiro atoms. The molecular formula is C15H18N2O4. The van der Waals surface area contributed by atoms with Crippen molar-refractivity contribution < 1.29 is 19.5 Å². The number of ketones is 1. The Labute approximate surface area is 123 Å². The van der Waals surface area contributed by atoms with Crippen LogP contribution in [-0.2, 0) is 9.63 Å². The number of carbonyl (C=O) groups excluding carboxylic acids is 2. The summed E-state index contributed by atoms with van der Waals surface area (Å²) in [6.07, 6.45) is 1.72. The second-order valence-corrected chi connectivity index (χ2v) is 4.17. The summed E-state index contributed by atoms with van der Waals surface area (Å²) in [6.45, 7) is 5.21. The Kier molecular flexibility index (Phi) is 6.83. The van der Waals surface area contributed by atoms with Gasteiger partial charge in [0.2, 0.25) is 5.78 Å². The molecule has 6 nitrogen and oxygen atoms in total. The van der Waals surface area contributed by atoms with Gasteiger partial charge in [-0.25, -0.2) is 4.79 Å². The SMILES string of the molecule is C=CC/C(=N\OC(C)=O)C(=O)c1ccc(NCCO)cc1. The van der Waals surface area contributed by atoms with E-state index in [2.05, 4.69) is 21.9 Å². The maximum Gasteiger partial charge on any atom is 0.331 e. The molecule has 0 aliphatic carbocycles. The number of benzene rings is 1. The van der Waals surface area contributed by atoms with E-state index in [1.54, 1.807) is 24.3 Å². The Bertz CT molecular complexity index is 535. The number of aliphatic hydroxyl groups is 1. The number of rotatable bonds is 8. The molecule has 0 heterocycles. The van der Waals surface area contributed by atoms with E-state index in [9.17, 15) is 9.59 Å². The van der Waals surface area contributed by atoms with Gasteiger partial charge in [-0.1, -0.05) is 11.2 Å². The Balaban J connectivity index is 2.85. The zero-order valence-electron chi connectivity index (χ0n) is 11.8. The number of oxime groups is 1. The van der Waals surface area contributed by atoms with Crippen LogP contribution in [0, 0.1) is 0 Å². The molecule has 0 unspecified atom stereocenters. The number of nitrogens with one attached hydrogen (secondary N) is 1. The van der Waals surface area contributed by atoms with Gasteiger partial charge in [0.1, 0.15) is 5.71 Å². The van der Waals surface area contributed by atoms with E-state index in [1.807, 2.05) is 0 Å². The third kappa shape index (κ3) is 5.58. The predicted molar refractivity (Wildman–Crippen MR) is 80.4 cm³/mol. The van der Waals surface area contributed by atoms with Crippen molar-refractivity contribution in [2.45, 2.75) is 13.3 Å². The Hall–Kier alpha value is -2.47. The Morgan fingerprint density at radius 2 is 2.05 bits per heavy atom. The minimum atomic E-state index is -0.590. The molecule has 0 fully saturated rings. The average molecular weight is 290 g/mol. The topological polar surface area (TPSA) is 88.0 Å². The summed E-state index contributed by atoms with van der Waals surface area (Å²) in [4.78, 5) is 27.5. The number of Topliss-reactive ketones (excluding diaryl/α,β-unsaturated/α-hetero) is 1. The van der Waals surface area contributed by atoms with E-state index in [0.29, 0.717) is 12.1 Å². The lowest BCUT2D eigenvalue weighted by atomic mass is 10.0. The molecule has 0 aliphatic heterocycles. The molecule has 112 valence electrons. The molecule has 6 heteroatoms. The minimum Gasteiger partial charge on any atom is -0.395 e. The zero-order valence-corrected chi connectivity index (χ0v) is 11.8. The average Bonchev–Trinajstić information content (AvgIpc) is 2.49. The highest BCUT2D eigenvalue weighted by atomic mass is 16.7. The number of allylic oxidation sites excluding steroid dienone is 1. The zero-order chi connectivity index (χ0) is 15.7. The quantitative estimate of drug-likeness (QED) is 0.250. The van der Waals surface area contributed by atoms with Crippen molar-refractivity contribution in [2.75, 3.05) is 18.5 Å². The van der Waals surface area contributed by atoms with Crippen molar-refractivity contribution in [3.63, 3.8) is 0 Å². The summed E-state index contributed by atoms with van der Waals surface area (Å²) < 4.78 is 0. The highest BCUT2D eigenvalue weighted by molar-refractivity contribution is 6.46. The van der Waals surface area contributed by atoms with Crippen molar-refractivity contribution >= 4 is 23.2 Å². The van der Waals surface area contributed by atoms with Gasteiger partial charge in [-0.2, -0.15) is 0 Å². The molecule has 0 aliphatic rings. The first kappa shape index (κ1) is 16.6. The van der Waals surface area contributed by atoms with Gasteiger partial charge >= 0.3 is 5.97 Å². The van der Waals surface area contributed by atoms with Crippen LogP contribution in [0.4, 0.5) is 5.69 Å². The summed E-state index contributed by atoms with van der Waals surface area (Å²) in [5.41, 5.74) is 1.33. The van der Waals surface area contributed by atoms with Crippen LogP contribution >= 0.6 is 0 Å². The molecule has 1 aromatic rings. The highest BCUT2D eigenvalue weighted by Crippen LogP contribution is 2.11. The number of anilines is 1. The Morgan fingerprint density at radius 1 is 1.38 bits per heavy atom. The van der Waals surface area contributed by atoms with Gasteiger partial charge in [0.25, 0.3) is 0 Å². The van der Waals surface area contributed by atoms with Gasteiger partial charge in [-0.15, -0.1) is 6.58 Å². The monoisotopic (exact) mass is 290 g/mol. The Morgan fingerprint density at radius 3 is 2.57 bits per heavy atom. The van der Waals surface area contributed by atoms with Crippen LogP contribution in [0.3, 0.4) is 0 Å². The van der Waals surface area contributed by atoms with Gasteiger partial charge in [0.05, 0.1) is 6.61 Å². The number of hydrogen-bond acceptors (Lipinski definition) is 6. The first-order valence-corrected chi connectivity index (χ1v) is 6.43. The molecule has 0 amide bonds. The summed E-state index contributed by atoms with van der Waals surface area (Å²) in [6, 6.07) is 6.71. The molecule has 0 atom stereocenters. The van der Waals surface area contributed by atoms with E-state index < -0.39 is 5.97 Å². The van der Waals surface area contributed by atoms with E-state index in [4.69, 9.17) is 5.11 Å². The lowest BCUT2D eigenvalue weighted by Crippen LogP contribution is -2.15. The van der Waals surface area contributed by atoms with Crippen molar-refractivity contribution in [1.82, 2.24) is 0 Å². The van der Waals surface area contributed by atoms with Crippen molar-refractivity contribution in [1.29, 1.82) is 0 Å². The third-order valence-electron chi connectivity index (χ3n) is 2.47. The molecule has 0 saturated heterocycles. The lowest BCUT2D eigenvalue weighted by Gasteiger charge is -2.06.